The molecule has 1 aromatic carbocycles. The van der Waals surface area contributed by atoms with Gasteiger partial charge in [0.2, 0.25) is 0 Å². The predicted octanol–water partition coefficient (Wildman–Crippen LogP) is 0.624. The first-order valence-electron chi connectivity index (χ1n) is 5.12. The van der Waals surface area contributed by atoms with Crippen molar-refractivity contribution in [2.24, 2.45) is 5.84 Å². The molecule has 0 spiro atoms. The molecule has 6 nitrogen and oxygen atoms in total. The summed E-state index contributed by atoms with van der Waals surface area (Å²) in [5, 5.41) is 0. The third kappa shape index (κ3) is 3.91. The van der Waals surface area contributed by atoms with Crippen molar-refractivity contribution in [2.45, 2.75) is 6.92 Å². The molecule has 1 aromatic rings. The van der Waals surface area contributed by atoms with Gasteiger partial charge >= 0.3 is 5.97 Å². The lowest BCUT2D eigenvalue weighted by molar-refractivity contribution is -0.132. The van der Waals surface area contributed by atoms with E-state index in [1.807, 2.05) is 5.43 Å². The summed E-state index contributed by atoms with van der Waals surface area (Å²) in [5.74, 6) is 4.82. The lowest BCUT2D eigenvalue weighted by Gasteiger charge is -2.08. The molecule has 1 amide bonds. The quantitative estimate of drug-likeness (QED) is 0.204. The van der Waals surface area contributed by atoms with Gasteiger partial charge in [-0.05, 0) is 23.8 Å². The minimum Gasteiger partial charge on any atom is -0.493 e. The van der Waals surface area contributed by atoms with Crippen LogP contribution in [0.5, 0.6) is 11.5 Å². The Labute approximate surface area is 104 Å². The van der Waals surface area contributed by atoms with Crippen LogP contribution in [0.1, 0.15) is 12.5 Å². The van der Waals surface area contributed by atoms with Crippen molar-refractivity contribution in [3.8, 4) is 11.5 Å². The number of ether oxygens (including phenoxy) is 2. The van der Waals surface area contributed by atoms with Crippen LogP contribution in [-0.2, 0) is 9.59 Å². The van der Waals surface area contributed by atoms with Gasteiger partial charge in [0.1, 0.15) is 0 Å². The Kier molecular flexibility index (Phi) is 4.89. The van der Waals surface area contributed by atoms with Crippen LogP contribution in [0.3, 0.4) is 0 Å². The molecule has 0 aliphatic heterocycles. The number of carbonyl (C=O) groups excluding carboxylic acids is 2. The van der Waals surface area contributed by atoms with Crippen molar-refractivity contribution in [2.75, 3.05) is 7.11 Å². The topological polar surface area (TPSA) is 90.7 Å². The largest absolute Gasteiger partial charge is 0.493 e. The van der Waals surface area contributed by atoms with Crippen molar-refractivity contribution in [1.29, 1.82) is 0 Å². The lowest BCUT2D eigenvalue weighted by atomic mass is 10.2. The summed E-state index contributed by atoms with van der Waals surface area (Å²) in [5.41, 5.74) is 2.69. The van der Waals surface area contributed by atoms with E-state index in [1.54, 1.807) is 24.3 Å². The molecule has 6 heteroatoms. The van der Waals surface area contributed by atoms with Gasteiger partial charge in [0, 0.05) is 13.0 Å². The highest BCUT2D eigenvalue weighted by Crippen LogP contribution is 2.28. The number of esters is 1. The summed E-state index contributed by atoms with van der Waals surface area (Å²) in [6.45, 7) is 1.30. The summed E-state index contributed by atoms with van der Waals surface area (Å²) < 4.78 is 10.0. The molecule has 1 rings (SSSR count). The summed E-state index contributed by atoms with van der Waals surface area (Å²) in [4.78, 5) is 21.8. The highest BCUT2D eigenvalue weighted by Gasteiger charge is 2.06. The number of nitrogens with one attached hydrogen (secondary N) is 1. The first-order valence-corrected chi connectivity index (χ1v) is 5.12. The van der Waals surface area contributed by atoms with E-state index in [9.17, 15) is 9.59 Å². The summed E-state index contributed by atoms with van der Waals surface area (Å²) in [6, 6.07) is 4.90. The zero-order valence-electron chi connectivity index (χ0n) is 10.1. The number of hydrazine groups is 1. The molecule has 0 bridgehead atoms. The van der Waals surface area contributed by atoms with Gasteiger partial charge in [-0.3, -0.25) is 15.0 Å². The van der Waals surface area contributed by atoms with Crippen molar-refractivity contribution in [1.82, 2.24) is 5.43 Å². The fraction of sp³-hybridized carbons (Fsp3) is 0.167. The van der Waals surface area contributed by atoms with E-state index in [-0.39, 0.29) is 0 Å². The Morgan fingerprint density at radius 1 is 1.33 bits per heavy atom. The molecule has 0 saturated carbocycles. The molecular weight excluding hydrogens is 236 g/mol. The molecule has 0 saturated heterocycles. The third-order valence-electron chi connectivity index (χ3n) is 2.01. The molecular formula is C12H14N2O4. The van der Waals surface area contributed by atoms with Crippen molar-refractivity contribution in [3.05, 3.63) is 29.8 Å². The minimum absolute atomic E-state index is 0.324. The number of hydrogen-bond acceptors (Lipinski definition) is 5. The second kappa shape index (κ2) is 6.41. The van der Waals surface area contributed by atoms with E-state index in [0.717, 1.165) is 0 Å². The van der Waals surface area contributed by atoms with Crippen molar-refractivity contribution < 1.29 is 19.1 Å². The number of methoxy groups -OCH3 is 1. The standard InChI is InChI=1S/C12H14N2O4/c1-8(15)18-10-5-3-9(7-11(10)17-2)4-6-12(16)14-13/h3-7H,13H2,1-2H3,(H,14,16). The molecule has 3 N–H and O–H groups in total. The molecule has 0 fully saturated rings. The molecule has 0 atom stereocenters. The van der Waals surface area contributed by atoms with Gasteiger partial charge in [0.25, 0.3) is 5.91 Å². The molecule has 0 aliphatic rings. The number of benzene rings is 1. The predicted molar refractivity (Wildman–Crippen MR) is 65.7 cm³/mol. The van der Waals surface area contributed by atoms with Crippen molar-refractivity contribution >= 4 is 18.0 Å². The van der Waals surface area contributed by atoms with Gasteiger partial charge in [-0.25, -0.2) is 5.84 Å². The molecule has 18 heavy (non-hydrogen) atoms. The summed E-state index contributed by atoms with van der Waals surface area (Å²) >= 11 is 0. The van der Waals surface area contributed by atoms with Crippen LogP contribution in [0.2, 0.25) is 0 Å². The van der Waals surface area contributed by atoms with Crippen LogP contribution in [0.15, 0.2) is 24.3 Å². The van der Waals surface area contributed by atoms with Crippen LogP contribution in [-0.4, -0.2) is 19.0 Å². The minimum atomic E-state index is -0.431. The maximum Gasteiger partial charge on any atom is 0.308 e. The smallest absolute Gasteiger partial charge is 0.308 e. The van der Waals surface area contributed by atoms with E-state index in [2.05, 4.69) is 0 Å². The Bertz CT molecular complexity index is 483. The normalized spacial score (nSPS) is 10.2. The highest BCUT2D eigenvalue weighted by atomic mass is 16.6. The van der Waals surface area contributed by atoms with Crippen LogP contribution in [0.25, 0.3) is 6.08 Å². The Hall–Kier alpha value is -2.34. The Morgan fingerprint density at radius 2 is 2.06 bits per heavy atom. The number of rotatable bonds is 4. The van der Waals surface area contributed by atoms with Gasteiger partial charge in [0.15, 0.2) is 11.5 Å². The average Bonchev–Trinajstić information content (AvgIpc) is 2.36. The molecule has 0 aliphatic carbocycles. The first-order chi connectivity index (χ1) is 8.56. The number of nitrogens with two attached hydrogens (primary N) is 1. The molecule has 96 valence electrons. The Balaban J connectivity index is 2.94. The van der Waals surface area contributed by atoms with Gasteiger partial charge in [-0.1, -0.05) is 6.07 Å². The number of hydrogen-bond donors (Lipinski definition) is 2. The van der Waals surface area contributed by atoms with Gasteiger partial charge in [-0.2, -0.15) is 0 Å². The fourth-order valence-electron chi connectivity index (χ4n) is 1.25. The summed E-state index contributed by atoms with van der Waals surface area (Å²) in [6.07, 6.45) is 2.84. The van der Waals surface area contributed by atoms with Gasteiger partial charge < -0.3 is 9.47 Å². The molecule has 0 aromatic heterocycles. The van der Waals surface area contributed by atoms with Gasteiger partial charge in [0.05, 0.1) is 7.11 Å². The van der Waals surface area contributed by atoms with Crippen molar-refractivity contribution in [3.63, 3.8) is 0 Å². The number of carbonyl (C=O) groups is 2. The van der Waals surface area contributed by atoms with Crippen LogP contribution >= 0.6 is 0 Å². The van der Waals surface area contributed by atoms with E-state index in [4.69, 9.17) is 15.3 Å². The lowest BCUT2D eigenvalue weighted by Crippen LogP contribution is -2.27. The average molecular weight is 250 g/mol. The number of amides is 1. The van der Waals surface area contributed by atoms with E-state index in [1.165, 1.54) is 20.1 Å². The third-order valence-corrected chi connectivity index (χ3v) is 2.01. The van der Waals surface area contributed by atoms with Crippen LogP contribution < -0.4 is 20.7 Å². The molecule has 0 unspecified atom stereocenters. The first kappa shape index (κ1) is 13.7. The zero-order chi connectivity index (χ0) is 13.5. The maximum atomic E-state index is 10.9. The van der Waals surface area contributed by atoms with E-state index >= 15 is 0 Å². The van der Waals surface area contributed by atoms with Gasteiger partial charge in [-0.15, -0.1) is 0 Å². The maximum absolute atomic E-state index is 10.9. The van der Waals surface area contributed by atoms with Crippen LogP contribution in [0.4, 0.5) is 0 Å². The zero-order valence-corrected chi connectivity index (χ0v) is 10.1. The monoisotopic (exact) mass is 250 g/mol. The molecule has 0 heterocycles. The SMILES string of the molecule is COc1cc(C=CC(=O)NN)ccc1OC(C)=O. The summed E-state index contributed by atoms with van der Waals surface area (Å²) in [7, 11) is 1.46. The second-order valence-corrected chi connectivity index (χ2v) is 3.35. The van der Waals surface area contributed by atoms with E-state index in [0.29, 0.717) is 17.1 Å². The molecule has 0 radical (unpaired) electrons. The van der Waals surface area contributed by atoms with Crippen LogP contribution in [0, 0.1) is 0 Å². The second-order valence-electron chi connectivity index (χ2n) is 3.35. The Morgan fingerprint density at radius 3 is 2.61 bits per heavy atom. The van der Waals surface area contributed by atoms with E-state index < -0.39 is 11.9 Å². The highest BCUT2D eigenvalue weighted by molar-refractivity contribution is 5.91. The fourth-order valence-corrected chi connectivity index (χ4v) is 1.25.